The minimum absolute atomic E-state index is 0.280. The third-order valence-corrected chi connectivity index (χ3v) is 5.76. The summed E-state index contributed by atoms with van der Waals surface area (Å²) in [5.74, 6) is 0.383. The molecule has 34 heavy (non-hydrogen) atoms. The van der Waals surface area contributed by atoms with E-state index in [1.807, 2.05) is 63.2 Å². The fourth-order valence-corrected chi connectivity index (χ4v) is 3.83. The van der Waals surface area contributed by atoms with Crippen molar-refractivity contribution in [1.82, 2.24) is 0 Å². The Morgan fingerprint density at radius 2 is 1.47 bits per heavy atom. The van der Waals surface area contributed by atoms with Crippen LogP contribution in [-0.2, 0) is 9.59 Å². The van der Waals surface area contributed by atoms with Crippen molar-refractivity contribution in [1.29, 1.82) is 0 Å². The quantitative estimate of drug-likeness (QED) is 0.442. The van der Waals surface area contributed by atoms with E-state index in [2.05, 4.69) is 19.2 Å². The van der Waals surface area contributed by atoms with E-state index in [0.29, 0.717) is 35.1 Å². The van der Waals surface area contributed by atoms with E-state index in [1.54, 1.807) is 24.3 Å². The number of rotatable bonds is 7. The monoisotopic (exact) mass is 454 g/mol. The molecule has 0 unspecified atom stereocenters. The minimum atomic E-state index is -0.377. The second-order valence-electron chi connectivity index (χ2n) is 9.20. The van der Waals surface area contributed by atoms with E-state index in [4.69, 9.17) is 4.74 Å². The molecule has 1 aliphatic heterocycles. The second-order valence-corrected chi connectivity index (χ2v) is 9.20. The van der Waals surface area contributed by atoms with E-state index in [1.165, 1.54) is 4.90 Å². The SMILES string of the molecule is Cc1ccc(C2=C(Nc3cc(C)ccc3C)C(=O)N(c3ccc(OCC(C)C)cc3)C2=O)cc1. The van der Waals surface area contributed by atoms with Crippen molar-refractivity contribution >= 4 is 28.8 Å². The highest BCUT2D eigenvalue weighted by Crippen LogP contribution is 2.35. The molecule has 2 amide bonds. The molecule has 0 aliphatic carbocycles. The third kappa shape index (κ3) is 4.74. The molecular formula is C29H30N2O3. The number of carbonyl (C=O) groups excluding carboxylic acids is 2. The molecule has 0 bridgehead atoms. The van der Waals surface area contributed by atoms with Crippen LogP contribution >= 0.6 is 0 Å². The maximum atomic E-state index is 13.6. The van der Waals surface area contributed by atoms with Crippen LogP contribution in [0.2, 0.25) is 0 Å². The van der Waals surface area contributed by atoms with Gasteiger partial charge in [0.1, 0.15) is 11.4 Å². The summed E-state index contributed by atoms with van der Waals surface area (Å²) in [5, 5.41) is 3.28. The summed E-state index contributed by atoms with van der Waals surface area (Å²) >= 11 is 0. The Balaban J connectivity index is 1.73. The Morgan fingerprint density at radius 1 is 0.824 bits per heavy atom. The van der Waals surface area contributed by atoms with Crippen LogP contribution in [0.4, 0.5) is 11.4 Å². The van der Waals surface area contributed by atoms with Crippen LogP contribution in [0.15, 0.2) is 72.4 Å². The lowest BCUT2D eigenvalue weighted by Gasteiger charge is -2.17. The average Bonchev–Trinajstić information content (AvgIpc) is 3.05. The van der Waals surface area contributed by atoms with Gasteiger partial charge in [-0.05, 0) is 73.7 Å². The van der Waals surface area contributed by atoms with Crippen LogP contribution in [0.5, 0.6) is 5.75 Å². The molecule has 0 atom stereocenters. The van der Waals surface area contributed by atoms with Crippen molar-refractivity contribution in [2.45, 2.75) is 34.6 Å². The molecule has 5 nitrogen and oxygen atoms in total. The molecule has 1 N–H and O–H groups in total. The van der Waals surface area contributed by atoms with Crippen molar-refractivity contribution < 1.29 is 14.3 Å². The van der Waals surface area contributed by atoms with Gasteiger partial charge >= 0.3 is 0 Å². The highest BCUT2D eigenvalue weighted by Gasteiger charge is 2.40. The summed E-state index contributed by atoms with van der Waals surface area (Å²) in [7, 11) is 0. The zero-order valence-corrected chi connectivity index (χ0v) is 20.3. The predicted octanol–water partition coefficient (Wildman–Crippen LogP) is 6.04. The highest BCUT2D eigenvalue weighted by atomic mass is 16.5. The average molecular weight is 455 g/mol. The third-order valence-electron chi connectivity index (χ3n) is 5.76. The Labute approximate surface area is 201 Å². The van der Waals surface area contributed by atoms with Gasteiger partial charge in [0.15, 0.2) is 0 Å². The van der Waals surface area contributed by atoms with Crippen LogP contribution in [0.3, 0.4) is 0 Å². The summed E-state index contributed by atoms with van der Waals surface area (Å²) in [5.41, 5.74) is 5.81. The van der Waals surface area contributed by atoms with Crippen LogP contribution < -0.4 is 15.0 Å². The molecule has 3 aromatic rings. The number of imide groups is 1. The van der Waals surface area contributed by atoms with E-state index < -0.39 is 0 Å². The lowest BCUT2D eigenvalue weighted by Crippen LogP contribution is -2.32. The molecule has 0 spiro atoms. The van der Waals surface area contributed by atoms with Gasteiger partial charge in [-0.3, -0.25) is 9.59 Å². The van der Waals surface area contributed by atoms with Crippen molar-refractivity contribution in [3.8, 4) is 5.75 Å². The number of amides is 2. The maximum absolute atomic E-state index is 13.6. The first kappa shape index (κ1) is 23.3. The molecule has 0 aromatic heterocycles. The van der Waals surface area contributed by atoms with Gasteiger partial charge in [0.05, 0.1) is 17.9 Å². The van der Waals surface area contributed by atoms with Crippen molar-refractivity contribution in [3.63, 3.8) is 0 Å². The van der Waals surface area contributed by atoms with Crippen molar-refractivity contribution in [3.05, 3.63) is 94.7 Å². The number of nitrogens with zero attached hydrogens (tertiary/aromatic N) is 1. The van der Waals surface area contributed by atoms with Crippen LogP contribution in [0.25, 0.3) is 5.57 Å². The topological polar surface area (TPSA) is 58.6 Å². The van der Waals surface area contributed by atoms with Gasteiger partial charge in [-0.25, -0.2) is 4.90 Å². The van der Waals surface area contributed by atoms with Crippen LogP contribution in [0.1, 0.15) is 36.1 Å². The molecule has 5 heteroatoms. The second kappa shape index (κ2) is 9.56. The molecule has 0 saturated heterocycles. The molecule has 3 aromatic carbocycles. The Kier molecular flexibility index (Phi) is 6.55. The first-order valence-corrected chi connectivity index (χ1v) is 11.5. The lowest BCUT2D eigenvalue weighted by molar-refractivity contribution is -0.120. The number of hydrogen-bond donors (Lipinski definition) is 1. The van der Waals surface area contributed by atoms with Crippen LogP contribution in [-0.4, -0.2) is 18.4 Å². The smallest absolute Gasteiger partial charge is 0.282 e. The fraction of sp³-hybridized carbons (Fsp3) is 0.241. The number of carbonyl (C=O) groups is 2. The molecule has 174 valence electrons. The van der Waals surface area contributed by atoms with E-state index >= 15 is 0 Å². The van der Waals surface area contributed by atoms with Gasteiger partial charge in [0.2, 0.25) is 0 Å². The fourth-order valence-electron chi connectivity index (χ4n) is 3.83. The Hall–Kier alpha value is -3.86. The van der Waals surface area contributed by atoms with Gasteiger partial charge in [0, 0.05) is 5.69 Å². The highest BCUT2D eigenvalue weighted by molar-refractivity contribution is 6.46. The van der Waals surface area contributed by atoms with Gasteiger partial charge in [-0.1, -0.05) is 55.8 Å². The molecule has 0 radical (unpaired) electrons. The van der Waals surface area contributed by atoms with Crippen LogP contribution in [0, 0.1) is 26.7 Å². The Bertz CT molecular complexity index is 1260. The zero-order chi connectivity index (χ0) is 24.4. The Morgan fingerprint density at radius 3 is 2.12 bits per heavy atom. The minimum Gasteiger partial charge on any atom is -0.493 e. The molecule has 1 heterocycles. The molecular weight excluding hydrogens is 424 g/mol. The summed E-state index contributed by atoms with van der Waals surface area (Å²) < 4.78 is 5.75. The van der Waals surface area contributed by atoms with Crippen molar-refractivity contribution in [2.24, 2.45) is 5.92 Å². The van der Waals surface area contributed by atoms with Crippen molar-refractivity contribution in [2.75, 3.05) is 16.8 Å². The number of nitrogens with one attached hydrogen (secondary N) is 1. The predicted molar refractivity (Wildman–Crippen MR) is 137 cm³/mol. The summed E-state index contributed by atoms with van der Waals surface area (Å²) in [4.78, 5) is 28.5. The molecule has 4 rings (SSSR count). The summed E-state index contributed by atoms with van der Waals surface area (Å²) in [6.45, 7) is 10.7. The van der Waals surface area contributed by atoms with Gasteiger partial charge in [-0.15, -0.1) is 0 Å². The van der Waals surface area contributed by atoms with E-state index in [0.717, 1.165) is 22.4 Å². The molecule has 0 saturated carbocycles. The van der Waals surface area contributed by atoms with E-state index in [-0.39, 0.29) is 17.5 Å². The first-order valence-electron chi connectivity index (χ1n) is 11.5. The number of ether oxygens (including phenoxy) is 1. The normalized spacial score (nSPS) is 13.8. The zero-order valence-electron chi connectivity index (χ0n) is 20.3. The summed E-state index contributed by atoms with van der Waals surface area (Å²) in [6.07, 6.45) is 0. The number of benzene rings is 3. The number of anilines is 2. The maximum Gasteiger partial charge on any atom is 0.282 e. The first-order chi connectivity index (χ1) is 16.2. The molecule has 0 fully saturated rings. The van der Waals surface area contributed by atoms with Gasteiger partial charge in [0.25, 0.3) is 11.8 Å². The largest absolute Gasteiger partial charge is 0.493 e. The van der Waals surface area contributed by atoms with E-state index in [9.17, 15) is 9.59 Å². The lowest BCUT2D eigenvalue weighted by atomic mass is 10.0. The molecule has 1 aliphatic rings. The van der Waals surface area contributed by atoms with Gasteiger partial charge in [-0.2, -0.15) is 0 Å². The number of hydrogen-bond acceptors (Lipinski definition) is 4. The van der Waals surface area contributed by atoms with Gasteiger partial charge < -0.3 is 10.1 Å². The standard InChI is InChI=1S/C29H30N2O3/c1-18(2)17-34-24-14-12-23(13-15-24)31-28(32)26(22-10-7-19(3)8-11-22)27(29(31)33)30-25-16-20(4)6-9-21(25)5/h6-16,18,30H,17H2,1-5H3. The number of aryl methyl sites for hydroxylation is 3. The summed E-state index contributed by atoms with van der Waals surface area (Å²) in [6, 6.07) is 20.7.